The monoisotopic (exact) mass is 1010 g/mol. The first-order valence-corrected chi connectivity index (χ1v) is 23.8. The number of likely N-dealkylation sites (N-methyl/N-ethyl adjacent to an activating group) is 1. The Bertz CT molecular complexity index is 1810. The molecule has 0 aromatic rings. The van der Waals surface area contributed by atoms with Crippen LogP contribution in [0.3, 0.4) is 0 Å². The number of amides is 5. The molecule has 3 saturated heterocycles. The fraction of sp³-hybridized carbons (Fsp3) is 0.891. The number of rotatable bonds is 13. The summed E-state index contributed by atoms with van der Waals surface area (Å²) in [5.41, 5.74) is -5.11. The highest BCUT2D eigenvalue weighted by Crippen LogP contribution is 2.35. The Labute approximate surface area is 411 Å². The standard InChI is InChI=1S/C46H82N6O18/c1-41(2,3)52(40(59)60)21-23-17-18-24(50-38(57)69-43(7,8)9)35(63-23)64-31-26(51-39(58)70-44(10,11)12)19-25(30(28(31)53)65-36-29(54)33(47-16)46(15,61)22-62-36)49-34(55)32-27(66-45(13,14)67-32)20-48-37(56)68-42(4,5)6/h23-33,35-36,47,53-54,61H,17-22H2,1-16H3,(H,48,56)(H,49,55)(H,50,57)(H,51,58)(H,59,60)/t23-,24+,25+,26-,27+,28+,29+,30-,31+,32-,33+,35+,36+,46-/m0/s1. The van der Waals surface area contributed by atoms with Crippen LogP contribution in [0, 0.1) is 0 Å². The van der Waals surface area contributed by atoms with Crippen molar-refractivity contribution in [2.24, 2.45) is 0 Å². The summed E-state index contributed by atoms with van der Waals surface area (Å²) in [7, 11) is 1.52. The summed E-state index contributed by atoms with van der Waals surface area (Å²) in [4.78, 5) is 67.7. The molecule has 4 aliphatic rings. The molecule has 5 amide bonds. The Morgan fingerprint density at radius 1 is 0.700 bits per heavy atom. The van der Waals surface area contributed by atoms with E-state index in [0.717, 1.165) is 0 Å². The average Bonchev–Trinajstić information content (AvgIpc) is 3.49. The van der Waals surface area contributed by atoms with E-state index in [-0.39, 0.29) is 39.0 Å². The fourth-order valence-electron chi connectivity index (χ4n) is 8.70. The maximum atomic E-state index is 14.5. The van der Waals surface area contributed by atoms with Gasteiger partial charge in [-0.05, 0) is 130 Å². The Kier molecular flexibility index (Phi) is 18.9. The highest BCUT2D eigenvalue weighted by molar-refractivity contribution is 5.82. The van der Waals surface area contributed by atoms with Crippen molar-refractivity contribution in [3.63, 3.8) is 0 Å². The predicted molar refractivity (Wildman–Crippen MR) is 248 cm³/mol. The first kappa shape index (κ1) is 58.7. The molecule has 0 spiro atoms. The van der Waals surface area contributed by atoms with Crippen LogP contribution in [0.1, 0.15) is 123 Å². The Morgan fingerprint density at radius 2 is 1.21 bits per heavy atom. The zero-order chi connectivity index (χ0) is 53.1. The van der Waals surface area contributed by atoms with Gasteiger partial charge in [-0.15, -0.1) is 0 Å². The molecule has 1 aliphatic carbocycles. The minimum Gasteiger partial charge on any atom is -0.465 e. The number of ether oxygens (including phenoxy) is 9. The van der Waals surface area contributed by atoms with E-state index in [1.165, 1.54) is 18.9 Å². The third kappa shape index (κ3) is 16.9. The minimum absolute atomic E-state index is 0.101. The van der Waals surface area contributed by atoms with Gasteiger partial charge in [0.05, 0.1) is 50.0 Å². The molecule has 3 heterocycles. The number of nitrogens with zero attached hydrogens (tertiary/aromatic N) is 1. The molecule has 4 rings (SSSR count). The average molecular weight is 1010 g/mol. The lowest BCUT2D eigenvalue weighted by atomic mass is 9.82. The van der Waals surface area contributed by atoms with Gasteiger partial charge in [-0.2, -0.15) is 0 Å². The maximum absolute atomic E-state index is 14.5. The summed E-state index contributed by atoms with van der Waals surface area (Å²) < 4.78 is 54.1. The predicted octanol–water partition coefficient (Wildman–Crippen LogP) is 2.18. The molecular weight excluding hydrogens is 925 g/mol. The van der Waals surface area contributed by atoms with Gasteiger partial charge in [-0.25, -0.2) is 19.2 Å². The highest BCUT2D eigenvalue weighted by Gasteiger charge is 2.55. The van der Waals surface area contributed by atoms with Crippen molar-refractivity contribution < 1.29 is 87.0 Å². The van der Waals surface area contributed by atoms with Crippen LogP contribution >= 0.6 is 0 Å². The number of hydrogen-bond acceptors (Lipinski definition) is 18. The molecule has 9 N–H and O–H groups in total. The number of carbonyl (C=O) groups excluding carboxylic acids is 4. The number of aliphatic hydroxyl groups excluding tert-OH is 2. The van der Waals surface area contributed by atoms with Gasteiger partial charge in [0.1, 0.15) is 52.9 Å². The molecule has 0 aromatic heterocycles. The van der Waals surface area contributed by atoms with Gasteiger partial charge in [-0.1, -0.05) is 0 Å². The van der Waals surface area contributed by atoms with Gasteiger partial charge in [0, 0.05) is 5.54 Å². The van der Waals surface area contributed by atoms with Crippen molar-refractivity contribution in [1.82, 2.24) is 31.5 Å². The van der Waals surface area contributed by atoms with E-state index in [1.54, 1.807) is 96.9 Å². The van der Waals surface area contributed by atoms with E-state index in [9.17, 15) is 44.4 Å². The lowest BCUT2D eigenvalue weighted by Crippen LogP contribution is -2.70. The topological polar surface area (TPSA) is 313 Å². The van der Waals surface area contributed by atoms with Gasteiger partial charge in [0.2, 0.25) is 0 Å². The van der Waals surface area contributed by atoms with Gasteiger partial charge < -0.3 is 94.5 Å². The van der Waals surface area contributed by atoms with Crippen molar-refractivity contribution >= 4 is 30.3 Å². The van der Waals surface area contributed by atoms with E-state index in [0.29, 0.717) is 0 Å². The zero-order valence-corrected chi connectivity index (χ0v) is 43.7. The van der Waals surface area contributed by atoms with Crippen LogP contribution < -0.4 is 26.6 Å². The van der Waals surface area contributed by atoms with Crippen LogP contribution in [0.15, 0.2) is 0 Å². The summed E-state index contributed by atoms with van der Waals surface area (Å²) in [6.07, 6.45) is -16.1. The lowest BCUT2D eigenvalue weighted by Gasteiger charge is -2.50. The van der Waals surface area contributed by atoms with E-state index in [4.69, 9.17) is 42.6 Å². The third-order valence-corrected chi connectivity index (χ3v) is 11.6. The van der Waals surface area contributed by atoms with Crippen LogP contribution in [0.4, 0.5) is 19.2 Å². The molecule has 70 heavy (non-hydrogen) atoms. The molecule has 4 fully saturated rings. The molecule has 0 radical (unpaired) electrons. The molecule has 24 heteroatoms. The Balaban J connectivity index is 1.78. The summed E-state index contributed by atoms with van der Waals surface area (Å²) in [5, 5.41) is 59.4. The zero-order valence-electron chi connectivity index (χ0n) is 43.7. The maximum Gasteiger partial charge on any atom is 0.408 e. The number of carbonyl (C=O) groups is 5. The van der Waals surface area contributed by atoms with Crippen molar-refractivity contribution in [2.45, 2.75) is 236 Å². The normalized spacial score (nSPS) is 33.8. The van der Waals surface area contributed by atoms with E-state index >= 15 is 0 Å². The first-order valence-electron chi connectivity index (χ1n) is 23.8. The van der Waals surface area contributed by atoms with Crippen molar-refractivity contribution in [2.75, 3.05) is 26.7 Å². The number of carboxylic acid groups (broad SMARTS) is 1. The van der Waals surface area contributed by atoms with Crippen LogP contribution in [0.5, 0.6) is 0 Å². The van der Waals surface area contributed by atoms with Crippen molar-refractivity contribution in [3.8, 4) is 0 Å². The first-order chi connectivity index (χ1) is 31.9. The van der Waals surface area contributed by atoms with Crippen molar-refractivity contribution in [3.05, 3.63) is 0 Å². The van der Waals surface area contributed by atoms with Gasteiger partial charge in [-0.3, -0.25) is 4.79 Å². The smallest absolute Gasteiger partial charge is 0.408 e. The largest absolute Gasteiger partial charge is 0.465 e. The van der Waals surface area contributed by atoms with Crippen LogP contribution in [-0.4, -0.2) is 196 Å². The second kappa shape index (κ2) is 22.5. The molecule has 24 nitrogen and oxygen atoms in total. The quantitative estimate of drug-likeness (QED) is 0.119. The number of nitrogens with one attached hydrogen (secondary N) is 5. The van der Waals surface area contributed by atoms with E-state index < -0.39 is 143 Å². The molecule has 404 valence electrons. The lowest BCUT2D eigenvalue weighted by molar-refractivity contribution is -0.309. The SMILES string of the molecule is CN[C@@H]1[C@@H](O)[C@@H](O[C@@H]2[C@@H](O)[C@H](O[C@H]3O[C@H](CN(C(=O)O)C(C)(C)C)CC[C@H]3NC(=O)OC(C)(C)C)[C@@H](NC(=O)OC(C)(C)C)C[C@H]2NC(=O)[C@H]2OC(C)(C)O[C@@H]2CNC(=O)OC(C)(C)C)OC[C@]1(C)O. The Hall–Kier alpha value is -3.85. The molecule has 0 aromatic carbocycles. The molecule has 0 unspecified atom stereocenters. The van der Waals surface area contributed by atoms with Crippen LogP contribution in [0.25, 0.3) is 0 Å². The van der Waals surface area contributed by atoms with E-state index in [2.05, 4.69) is 26.6 Å². The molecule has 0 bridgehead atoms. The van der Waals surface area contributed by atoms with Crippen molar-refractivity contribution in [1.29, 1.82) is 0 Å². The summed E-state index contributed by atoms with van der Waals surface area (Å²) >= 11 is 0. The van der Waals surface area contributed by atoms with Crippen LogP contribution in [0.2, 0.25) is 0 Å². The Morgan fingerprint density at radius 3 is 1.73 bits per heavy atom. The van der Waals surface area contributed by atoms with E-state index in [1.807, 2.05) is 0 Å². The molecule has 14 atom stereocenters. The summed E-state index contributed by atoms with van der Waals surface area (Å²) in [6.45, 7) is 24.2. The van der Waals surface area contributed by atoms with Crippen LogP contribution in [-0.2, 0) is 47.4 Å². The fourth-order valence-corrected chi connectivity index (χ4v) is 8.70. The second-order valence-electron chi connectivity index (χ2n) is 23.1. The molecule has 3 aliphatic heterocycles. The van der Waals surface area contributed by atoms with Gasteiger partial charge >= 0.3 is 24.4 Å². The number of aliphatic hydroxyl groups is 3. The minimum atomic E-state index is -1.84. The summed E-state index contributed by atoms with van der Waals surface area (Å²) in [6, 6.07) is -4.45. The molecular formula is C46H82N6O18. The van der Waals surface area contributed by atoms with Gasteiger partial charge in [0.25, 0.3) is 5.91 Å². The highest BCUT2D eigenvalue weighted by atomic mass is 16.8. The second-order valence-corrected chi connectivity index (χ2v) is 23.1. The third-order valence-electron chi connectivity index (χ3n) is 11.6. The number of hydrogen-bond donors (Lipinski definition) is 9. The molecule has 1 saturated carbocycles. The summed E-state index contributed by atoms with van der Waals surface area (Å²) in [5.74, 6) is -2.08. The van der Waals surface area contributed by atoms with Gasteiger partial charge in [0.15, 0.2) is 24.5 Å². The number of alkyl carbamates (subject to hydrolysis) is 3.